The molecular formula is C17H19N5O2. The van der Waals surface area contributed by atoms with Crippen molar-refractivity contribution >= 4 is 23.4 Å². The molecule has 7 heteroatoms. The van der Waals surface area contributed by atoms with Crippen molar-refractivity contribution in [3.63, 3.8) is 0 Å². The van der Waals surface area contributed by atoms with Crippen LogP contribution in [0.4, 0.5) is 17.2 Å². The van der Waals surface area contributed by atoms with E-state index in [0.29, 0.717) is 0 Å². The van der Waals surface area contributed by atoms with Crippen LogP contribution in [0.15, 0.2) is 41.6 Å². The molecule has 24 heavy (non-hydrogen) atoms. The summed E-state index contributed by atoms with van der Waals surface area (Å²) in [7, 11) is 0. The molecule has 1 aromatic carbocycles. The fourth-order valence-electron chi connectivity index (χ4n) is 2.77. The first-order chi connectivity index (χ1) is 11.6. The maximum atomic E-state index is 10.9. The molecule has 1 N–H and O–H groups in total. The maximum Gasteiger partial charge on any atom is 0.313 e. The molecule has 2 aromatic rings. The Labute approximate surface area is 140 Å². The van der Waals surface area contributed by atoms with Gasteiger partial charge in [-0.1, -0.05) is 6.07 Å². The molecule has 0 bridgehead atoms. The van der Waals surface area contributed by atoms with E-state index in [-0.39, 0.29) is 11.5 Å². The van der Waals surface area contributed by atoms with Crippen molar-refractivity contribution in [3.05, 3.63) is 57.8 Å². The Hall–Kier alpha value is -2.96. The lowest BCUT2D eigenvalue weighted by Crippen LogP contribution is -2.17. The third-order valence-electron chi connectivity index (χ3n) is 4.08. The van der Waals surface area contributed by atoms with Crippen LogP contribution in [0.3, 0.4) is 0 Å². The second kappa shape index (κ2) is 7.08. The molecule has 1 aliphatic heterocycles. The van der Waals surface area contributed by atoms with Gasteiger partial charge in [0.2, 0.25) is 5.82 Å². The summed E-state index contributed by atoms with van der Waals surface area (Å²) in [5.74, 6) is 0.130. The molecule has 3 rings (SSSR count). The predicted octanol–water partition coefficient (Wildman–Crippen LogP) is 3.34. The summed E-state index contributed by atoms with van der Waals surface area (Å²) in [6.07, 6.45) is 5.63. The molecular weight excluding hydrogens is 306 g/mol. The van der Waals surface area contributed by atoms with Crippen LogP contribution in [-0.4, -0.2) is 29.2 Å². The molecule has 0 spiro atoms. The number of hydrogen-bond acceptors (Lipinski definition) is 6. The fourth-order valence-corrected chi connectivity index (χ4v) is 2.77. The summed E-state index contributed by atoms with van der Waals surface area (Å²) in [5, 5.41) is 15.0. The van der Waals surface area contributed by atoms with Gasteiger partial charge in [0.05, 0.1) is 11.1 Å². The van der Waals surface area contributed by atoms with Gasteiger partial charge in [-0.2, -0.15) is 5.10 Å². The molecule has 0 amide bonds. The van der Waals surface area contributed by atoms with Crippen LogP contribution in [0.25, 0.3) is 0 Å². The standard InChI is InChI=1S/C17H19N5O2/c1-13-11-15(21-9-2-3-10-21)7-6-14(13)12-19-20-17-16(22(23)24)5-4-8-18-17/h4-8,11-12H,2-3,9-10H2,1H3,(H,18,20)/b19-12-. The monoisotopic (exact) mass is 325 g/mol. The Morgan fingerprint density at radius 1 is 1.33 bits per heavy atom. The highest BCUT2D eigenvalue weighted by Gasteiger charge is 2.14. The van der Waals surface area contributed by atoms with Gasteiger partial charge >= 0.3 is 5.69 Å². The molecule has 0 unspecified atom stereocenters. The highest BCUT2D eigenvalue weighted by atomic mass is 16.6. The Morgan fingerprint density at radius 2 is 2.12 bits per heavy atom. The summed E-state index contributed by atoms with van der Waals surface area (Å²) < 4.78 is 0. The van der Waals surface area contributed by atoms with Crippen molar-refractivity contribution in [2.75, 3.05) is 23.4 Å². The van der Waals surface area contributed by atoms with Crippen molar-refractivity contribution in [3.8, 4) is 0 Å². The molecule has 7 nitrogen and oxygen atoms in total. The summed E-state index contributed by atoms with van der Waals surface area (Å²) in [5.41, 5.74) is 5.85. The van der Waals surface area contributed by atoms with Gasteiger partial charge in [-0.3, -0.25) is 15.5 Å². The molecule has 1 fully saturated rings. The van der Waals surface area contributed by atoms with Crippen molar-refractivity contribution in [1.82, 2.24) is 4.98 Å². The lowest BCUT2D eigenvalue weighted by molar-refractivity contribution is -0.384. The van der Waals surface area contributed by atoms with Gasteiger partial charge in [0, 0.05) is 31.0 Å². The Morgan fingerprint density at radius 3 is 2.83 bits per heavy atom. The van der Waals surface area contributed by atoms with Gasteiger partial charge in [-0.05, 0) is 49.1 Å². The number of hydrazone groups is 1. The number of nitrogens with zero attached hydrogens (tertiary/aromatic N) is 4. The van der Waals surface area contributed by atoms with Crippen LogP contribution in [0, 0.1) is 17.0 Å². The Bertz CT molecular complexity index is 769. The topological polar surface area (TPSA) is 83.7 Å². The van der Waals surface area contributed by atoms with Crippen molar-refractivity contribution in [1.29, 1.82) is 0 Å². The van der Waals surface area contributed by atoms with E-state index in [9.17, 15) is 10.1 Å². The number of anilines is 2. The van der Waals surface area contributed by atoms with Crippen LogP contribution in [0.5, 0.6) is 0 Å². The quantitative estimate of drug-likeness (QED) is 0.518. The van der Waals surface area contributed by atoms with Gasteiger partial charge in [-0.25, -0.2) is 4.98 Å². The van der Waals surface area contributed by atoms with Crippen LogP contribution in [-0.2, 0) is 0 Å². The SMILES string of the molecule is Cc1cc(N2CCCC2)ccc1/C=N\Nc1ncccc1[N+](=O)[O-]. The van der Waals surface area contributed by atoms with E-state index in [1.807, 2.05) is 13.0 Å². The number of aromatic nitrogens is 1. The molecule has 2 heterocycles. The minimum Gasteiger partial charge on any atom is -0.372 e. The van der Waals surface area contributed by atoms with E-state index in [4.69, 9.17) is 0 Å². The summed E-state index contributed by atoms with van der Waals surface area (Å²) in [4.78, 5) is 16.8. The van der Waals surface area contributed by atoms with E-state index in [1.54, 1.807) is 6.21 Å². The average molecular weight is 325 g/mol. The molecule has 0 saturated carbocycles. The molecule has 124 valence electrons. The zero-order chi connectivity index (χ0) is 16.9. The molecule has 0 atom stereocenters. The van der Waals surface area contributed by atoms with Gasteiger partial charge in [0.25, 0.3) is 0 Å². The van der Waals surface area contributed by atoms with Crippen LogP contribution < -0.4 is 10.3 Å². The van der Waals surface area contributed by atoms with Gasteiger partial charge < -0.3 is 4.90 Å². The zero-order valence-electron chi connectivity index (χ0n) is 13.5. The van der Waals surface area contributed by atoms with Crippen LogP contribution >= 0.6 is 0 Å². The largest absolute Gasteiger partial charge is 0.372 e. The fraction of sp³-hybridized carbons (Fsp3) is 0.294. The number of hydrogen-bond donors (Lipinski definition) is 1. The normalized spacial score (nSPS) is 14.3. The van der Waals surface area contributed by atoms with Crippen molar-refractivity contribution < 1.29 is 4.92 Å². The lowest BCUT2D eigenvalue weighted by Gasteiger charge is -2.18. The van der Waals surface area contributed by atoms with Gasteiger partial charge in [0.1, 0.15) is 0 Å². The van der Waals surface area contributed by atoms with E-state index >= 15 is 0 Å². The minimum atomic E-state index is -0.485. The van der Waals surface area contributed by atoms with Crippen molar-refractivity contribution in [2.24, 2.45) is 5.10 Å². The third-order valence-corrected chi connectivity index (χ3v) is 4.08. The number of pyridine rings is 1. The Kier molecular flexibility index (Phi) is 4.69. The van der Waals surface area contributed by atoms with E-state index < -0.39 is 4.92 Å². The first-order valence-corrected chi connectivity index (χ1v) is 7.89. The van der Waals surface area contributed by atoms with Gasteiger partial charge in [-0.15, -0.1) is 0 Å². The zero-order valence-corrected chi connectivity index (χ0v) is 13.5. The van der Waals surface area contributed by atoms with E-state index in [2.05, 4.69) is 32.5 Å². The number of nitro groups is 1. The Balaban J connectivity index is 1.72. The highest BCUT2D eigenvalue weighted by Crippen LogP contribution is 2.23. The molecule has 0 radical (unpaired) electrons. The van der Waals surface area contributed by atoms with E-state index in [1.165, 1.54) is 36.9 Å². The third kappa shape index (κ3) is 3.51. The van der Waals surface area contributed by atoms with Crippen molar-refractivity contribution in [2.45, 2.75) is 19.8 Å². The predicted molar refractivity (Wildman–Crippen MR) is 94.7 cm³/mol. The first-order valence-electron chi connectivity index (χ1n) is 7.89. The number of nitrogens with one attached hydrogen (secondary N) is 1. The number of benzene rings is 1. The number of rotatable bonds is 5. The lowest BCUT2D eigenvalue weighted by atomic mass is 10.1. The smallest absolute Gasteiger partial charge is 0.313 e. The maximum absolute atomic E-state index is 10.9. The minimum absolute atomic E-state index is 0.101. The van der Waals surface area contributed by atoms with Crippen LogP contribution in [0.2, 0.25) is 0 Å². The molecule has 1 aromatic heterocycles. The van der Waals surface area contributed by atoms with Gasteiger partial charge in [0.15, 0.2) is 0 Å². The van der Waals surface area contributed by atoms with E-state index in [0.717, 1.165) is 24.2 Å². The first kappa shape index (κ1) is 15.9. The second-order valence-electron chi connectivity index (χ2n) is 5.73. The molecule has 0 aliphatic carbocycles. The average Bonchev–Trinajstić information content (AvgIpc) is 3.11. The second-order valence-corrected chi connectivity index (χ2v) is 5.73. The summed E-state index contributed by atoms with van der Waals surface area (Å²) in [6, 6.07) is 9.16. The molecule has 1 aliphatic rings. The summed E-state index contributed by atoms with van der Waals surface area (Å²) >= 11 is 0. The summed E-state index contributed by atoms with van der Waals surface area (Å²) in [6.45, 7) is 4.25. The van der Waals surface area contributed by atoms with Crippen LogP contribution in [0.1, 0.15) is 24.0 Å². The highest BCUT2D eigenvalue weighted by molar-refractivity contribution is 5.83. The number of aryl methyl sites for hydroxylation is 1. The molecule has 1 saturated heterocycles.